The van der Waals surface area contributed by atoms with Crippen LogP contribution in [-0.2, 0) is 0 Å². The van der Waals surface area contributed by atoms with Gasteiger partial charge in [-0.2, -0.15) is 0 Å². The molecule has 0 aliphatic carbocycles. The minimum atomic E-state index is 0.401. The van der Waals surface area contributed by atoms with Gasteiger partial charge in [0.25, 0.3) is 5.89 Å². The number of likely N-dealkylation sites (tertiary alicyclic amines) is 1. The van der Waals surface area contributed by atoms with E-state index >= 15 is 0 Å². The van der Waals surface area contributed by atoms with E-state index in [-0.39, 0.29) is 0 Å². The van der Waals surface area contributed by atoms with Crippen LogP contribution in [0.25, 0.3) is 22.6 Å². The van der Waals surface area contributed by atoms with Gasteiger partial charge < -0.3 is 29.4 Å². The van der Waals surface area contributed by atoms with Crippen molar-refractivity contribution in [3.8, 4) is 23.2 Å². The number of ether oxygens (including phenoxy) is 2. The molecule has 0 unspecified atom stereocenters. The number of nitrogens with zero attached hydrogens (tertiary/aromatic N) is 5. The first-order chi connectivity index (χ1) is 17.2. The molecule has 0 atom stereocenters. The maximum absolute atomic E-state index is 6.15. The van der Waals surface area contributed by atoms with Crippen LogP contribution >= 0.6 is 0 Å². The fourth-order valence-corrected chi connectivity index (χ4v) is 4.63. The SMILES string of the molecule is COc1cc2c(NCN3CCNCC3)nc(-c3ncc(C)o3)nc2cc1OCCCN1CCCC1. The van der Waals surface area contributed by atoms with E-state index in [1.807, 2.05) is 19.1 Å². The van der Waals surface area contributed by atoms with E-state index in [0.29, 0.717) is 36.5 Å². The summed E-state index contributed by atoms with van der Waals surface area (Å²) in [5.74, 6) is 3.64. The highest BCUT2D eigenvalue weighted by Gasteiger charge is 2.18. The third-order valence-corrected chi connectivity index (χ3v) is 6.55. The zero-order valence-electron chi connectivity index (χ0n) is 20.7. The third kappa shape index (κ3) is 5.83. The summed E-state index contributed by atoms with van der Waals surface area (Å²) in [6, 6.07) is 3.89. The molecule has 2 aliphatic heterocycles. The second-order valence-corrected chi connectivity index (χ2v) is 9.15. The molecule has 0 saturated carbocycles. The van der Waals surface area contributed by atoms with Gasteiger partial charge in [-0.05, 0) is 45.3 Å². The molecule has 10 nitrogen and oxygen atoms in total. The molecule has 5 rings (SSSR count). The van der Waals surface area contributed by atoms with Crippen molar-refractivity contribution >= 4 is 16.7 Å². The molecule has 0 radical (unpaired) electrons. The van der Waals surface area contributed by atoms with Gasteiger partial charge in [-0.25, -0.2) is 15.0 Å². The molecular weight excluding hydrogens is 446 g/mol. The van der Waals surface area contributed by atoms with Crippen LogP contribution in [0.3, 0.4) is 0 Å². The van der Waals surface area contributed by atoms with E-state index in [2.05, 4.69) is 25.4 Å². The van der Waals surface area contributed by atoms with Crippen molar-refractivity contribution in [1.82, 2.24) is 30.1 Å². The van der Waals surface area contributed by atoms with Crippen molar-refractivity contribution in [2.24, 2.45) is 0 Å². The molecule has 2 N–H and O–H groups in total. The summed E-state index contributed by atoms with van der Waals surface area (Å²) < 4.78 is 17.6. The van der Waals surface area contributed by atoms with Crippen LogP contribution in [-0.4, -0.2) is 91.0 Å². The highest BCUT2D eigenvalue weighted by molar-refractivity contribution is 5.92. The van der Waals surface area contributed by atoms with Gasteiger partial charge in [-0.15, -0.1) is 0 Å². The third-order valence-electron chi connectivity index (χ3n) is 6.55. The molecule has 0 spiro atoms. The van der Waals surface area contributed by atoms with Crippen molar-refractivity contribution in [3.05, 3.63) is 24.1 Å². The molecule has 4 heterocycles. The Kier molecular flexibility index (Phi) is 7.60. The van der Waals surface area contributed by atoms with Gasteiger partial charge >= 0.3 is 0 Å². The summed E-state index contributed by atoms with van der Waals surface area (Å²) in [5, 5.41) is 7.76. The van der Waals surface area contributed by atoms with Crippen molar-refractivity contribution in [2.45, 2.75) is 26.2 Å². The average Bonchev–Trinajstić information content (AvgIpc) is 3.57. The maximum atomic E-state index is 6.15. The minimum Gasteiger partial charge on any atom is -0.493 e. The van der Waals surface area contributed by atoms with Crippen LogP contribution in [0.4, 0.5) is 5.82 Å². The first-order valence-corrected chi connectivity index (χ1v) is 12.5. The highest BCUT2D eigenvalue weighted by Crippen LogP contribution is 2.35. The molecule has 3 aromatic rings. The number of anilines is 1. The number of rotatable bonds is 10. The Morgan fingerprint density at radius 3 is 2.63 bits per heavy atom. The Hall–Kier alpha value is -2.95. The molecule has 0 bridgehead atoms. The first kappa shape index (κ1) is 23.8. The van der Waals surface area contributed by atoms with Crippen LogP contribution in [0.5, 0.6) is 11.5 Å². The van der Waals surface area contributed by atoms with Gasteiger partial charge in [0, 0.05) is 44.2 Å². The van der Waals surface area contributed by atoms with Crippen molar-refractivity contribution < 1.29 is 13.9 Å². The highest BCUT2D eigenvalue weighted by atomic mass is 16.5. The molecule has 35 heavy (non-hydrogen) atoms. The van der Waals surface area contributed by atoms with Gasteiger partial charge in [0.05, 0.1) is 32.1 Å². The zero-order valence-corrected chi connectivity index (χ0v) is 20.7. The second-order valence-electron chi connectivity index (χ2n) is 9.15. The number of oxazole rings is 1. The summed E-state index contributed by atoms with van der Waals surface area (Å²) in [6.07, 6.45) is 5.26. The van der Waals surface area contributed by atoms with Crippen LogP contribution in [0.1, 0.15) is 25.0 Å². The first-order valence-electron chi connectivity index (χ1n) is 12.5. The van der Waals surface area contributed by atoms with Gasteiger partial charge in [0.1, 0.15) is 11.6 Å². The largest absolute Gasteiger partial charge is 0.493 e. The number of piperazine rings is 1. The van der Waals surface area contributed by atoms with E-state index in [4.69, 9.17) is 23.9 Å². The lowest BCUT2D eigenvalue weighted by Crippen LogP contribution is -2.45. The molecule has 2 aliphatic rings. The Bertz CT molecular complexity index is 1120. The average molecular weight is 482 g/mol. The molecule has 0 amide bonds. The van der Waals surface area contributed by atoms with E-state index in [1.54, 1.807) is 13.3 Å². The predicted molar refractivity (Wildman–Crippen MR) is 135 cm³/mol. The molecule has 2 saturated heterocycles. The zero-order chi connectivity index (χ0) is 24.0. The summed E-state index contributed by atoms with van der Waals surface area (Å²) >= 11 is 0. The van der Waals surface area contributed by atoms with Gasteiger partial charge in [-0.3, -0.25) is 4.90 Å². The Labute approximate surface area is 206 Å². The number of aromatic nitrogens is 3. The van der Waals surface area contributed by atoms with E-state index in [0.717, 1.165) is 61.6 Å². The number of aryl methyl sites for hydroxylation is 1. The molecule has 188 valence electrons. The lowest BCUT2D eigenvalue weighted by Gasteiger charge is -2.27. The van der Waals surface area contributed by atoms with Crippen molar-refractivity contribution in [2.75, 3.05) is 71.5 Å². The standard InChI is InChI=1S/C25H35N7O3/c1-18-16-27-25(35-18)24-29-20-15-22(34-13-5-10-31-8-3-4-9-31)21(33-2)14-19(20)23(30-24)28-17-32-11-6-26-7-12-32/h14-16,26H,3-13,17H2,1-2H3,(H,28,29,30). The monoisotopic (exact) mass is 481 g/mol. The normalized spacial score (nSPS) is 17.2. The topological polar surface area (TPSA) is 101 Å². The number of hydrogen-bond acceptors (Lipinski definition) is 10. The summed E-state index contributed by atoms with van der Waals surface area (Å²) in [5.41, 5.74) is 0.754. The smallest absolute Gasteiger partial charge is 0.265 e. The number of methoxy groups -OCH3 is 1. The molecule has 10 heteroatoms. The number of benzene rings is 1. The lowest BCUT2D eigenvalue weighted by molar-refractivity contribution is 0.254. The second kappa shape index (κ2) is 11.2. The van der Waals surface area contributed by atoms with E-state index in [1.165, 1.54) is 25.9 Å². The number of hydrogen-bond donors (Lipinski definition) is 2. The summed E-state index contributed by atoms with van der Waals surface area (Å²) in [6.45, 7) is 10.6. The molecular formula is C25H35N7O3. The molecule has 1 aromatic carbocycles. The maximum Gasteiger partial charge on any atom is 0.265 e. The van der Waals surface area contributed by atoms with Gasteiger partial charge in [-0.1, -0.05) is 0 Å². The lowest BCUT2D eigenvalue weighted by atomic mass is 10.2. The quantitative estimate of drug-likeness (QED) is 0.420. The summed E-state index contributed by atoms with van der Waals surface area (Å²) in [4.78, 5) is 18.7. The van der Waals surface area contributed by atoms with Crippen LogP contribution in [0, 0.1) is 6.92 Å². The van der Waals surface area contributed by atoms with E-state index in [9.17, 15) is 0 Å². The Morgan fingerprint density at radius 2 is 1.89 bits per heavy atom. The van der Waals surface area contributed by atoms with Crippen LogP contribution in [0.2, 0.25) is 0 Å². The molecule has 2 fully saturated rings. The number of fused-ring (bicyclic) bond motifs is 1. The Balaban J connectivity index is 1.40. The van der Waals surface area contributed by atoms with Crippen LogP contribution < -0.4 is 20.1 Å². The fraction of sp³-hybridized carbons (Fsp3) is 0.560. The summed E-state index contributed by atoms with van der Waals surface area (Å²) in [7, 11) is 1.66. The van der Waals surface area contributed by atoms with Crippen molar-refractivity contribution in [3.63, 3.8) is 0 Å². The van der Waals surface area contributed by atoms with E-state index < -0.39 is 0 Å². The van der Waals surface area contributed by atoms with Gasteiger partial charge in [0.15, 0.2) is 11.5 Å². The number of nitrogens with one attached hydrogen (secondary N) is 2. The van der Waals surface area contributed by atoms with Gasteiger partial charge in [0.2, 0.25) is 5.82 Å². The Morgan fingerprint density at radius 1 is 1.06 bits per heavy atom. The minimum absolute atomic E-state index is 0.401. The molecule has 2 aromatic heterocycles. The van der Waals surface area contributed by atoms with Crippen LogP contribution in [0.15, 0.2) is 22.7 Å². The fourth-order valence-electron chi connectivity index (χ4n) is 4.63. The predicted octanol–water partition coefficient (Wildman–Crippen LogP) is 2.74. The van der Waals surface area contributed by atoms with Crippen molar-refractivity contribution in [1.29, 1.82) is 0 Å².